The summed E-state index contributed by atoms with van der Waals surface area (Å²) < 4.78 is 10.9. The van der Waals surface area contributed by atoms with Crippen LogP contribution >= 0.6 is 0 Å². The second-order valence-corrected chi connectivity index (χ2v) is 7.88. The maximum atomic E-state index is 12.6. The lowest BCUT2D eigenvalue weighted by molar-refractivity contribution is -0.120. The Labute approximate surface area is 183 Å². The quantitative estimate of drug-likeness (QED) is 0.539. The lowest BCUT2D eigenvalue weighted by Crippen LogP contribution is -2.24. The molecule has 0 saturated heterocycles. The lowest BCUT2D eigenvalue weighted by atomic mass is 9.88. The van der Waals surface area contributed by atoms with E-state index in [1.165, 1.54) is 6.42 Å². The van der Waals surface area contributed by atoms with E-state index in [9.17, 15) is 4.79 Å². The van der Waals surface area contributed by atoms with E-state index >= 15 is 0 Å². The Hall–Kier alpha value is -3.34. The Morgan fingerprint density at radius 1 is 0.903 bits per heavy atom. The van der Waals surface area contributed by atoms with E-state index < -0.39 is 0 Å². The van der Waals surface area contributed by atoms with Crippen molar-refractivity contribution in [2.24, 2.45) is 5.92 Å². The average Bonchev–Trinajstić information content (AvgIpc) is 2.84. The Bertz CT molecular complexity index is 1060. The van der Waals surface area contributed by atoms with Gasteiger partial charge in [-0.1, -0.05) is 37.5 Å². The number of ether oxygens (including phenoxy) is 2. The van der Waals surface area contributed by atoms with E-state index in [1.54, 1.807) is 14.2 Å². The van der Waals surface area contributed by atoms with Crippen molar-refractivity contribution in [3.63, 3.8) is 0 Å². The van der Waals surface area contributed by atoms with Gasteiger partial charge in [0, 0.05) is 22.7 Å². The number of aromatic nitrogens is 1. The Kier molecular flexibility index (Phi) is 6.51. The molecule has 0 spiro atoms. The van der Waals surface area contributed by atoms with Gasteiger partial charge >= 0.3 is 0 Å². The van der Waals surface area contributed by atoms with Crippen LogP contribution in [0.2, 0.25) is 0 Å². The monoisotopic (exact) mass is 416 g/mol. The number of carbonyl (C=O) groups excluding carboxylic acids is 1. The van der Waals surface area contributed by atoms with E-state index in [0.29, 0.717) is 0 Å². The highest BCUT2D eigenvalue weighted by Crippen LogP contribution is 2.34. The molecule has 1 N–H and O–H groups in total. The van der Waals surface area contributed by atoms with Crippen molar-refractivity contribution in [1.29, 1.82) is 0 Å². The number of rotatable bonds is 6. The lowest BCUT2D eigenvalue weighted by Gasteiger charge is -2.20. The molecule has 4 rings (SSSR count). The zero-order valence-corrected chi connectivity index (χ0v) is 18.1. The van der Waals surface area contributed by atoms with Crippen molar-refractivity contribution >= 4 is 11.6 Å². The van der Waals surface area contributed by atoms with Crippen LogP contribution in [-0.2, 0) is 4.79 Å². The predicted molar refractivity (Wildman–Crippen MR) is 123 cm³/mol. The molecule has 5 heteroatoms. The summed E-state index contributed by atoms with van der Waals surface area (Å²) in [6.45, 7) is 0. The molecule has 1 aromatic heterocycles. The Morgan fingerprint density at radius 3 is 2.45 bits per heavy atom. The van der Waals surface area contributed by atoms with Gasteiger partial charge in [0.05, 0.1) is 25.6 Å². The van der Waals surface area contributed by atoms with Gasteiger partial charge in [-0.3, -0.25) is 4.79 Å². The minimum absolute atomic E-state index is 0.124. The van der Waals surface area contributed by atoms with Gasteiger partial charge in [-0.05, 0) is 55.3 Å². The second kappa shape index (κ2) is 9.65. The van der Waals surface area contributed by atoms with Gasteiger partial charge in [0.15, 0.2) is 0 Å². The van der Waals surface area contributed by atoms with Crippen molar-refractivity contribution in [2.75, 3.05) is 19.5 Å². The van der Waals surface area contributed by atoms with Crippen LogP contribution in [0.5, 0.6) is 11.5 Å². The molecule has 3 aromatic rings. The Balaban J connectivity index is 1.60. The molecule has 0 unspecified atom stereocenters. The van der Waals surface area contributed by atoms with Gasteiger partial charge in [-0.15, -0.1) is 0 Å². The summed E-state index contributed by atoms with van der Waals surface area (Å²) in [6.07, 6.45) is 5.49. The molecular weight excluding hydrogens is 388 g/mol. The van der Waals surface area contributed by atoms with Gasteiger partial charge in [-0.25, -0.2) is 4.98 Å². The molecule has 1 aliphatic carbocycles. The molecule has 0 aliphatic heterocycles. The highest BCUT2D eigenvalue weighted by atomic mass is 16.5. The third kappa shape index (κ3) is 4.88. The number of benzene rings is 2. The smallest absolute Gasteiger partial charge is 0.227 e. The minimum Gasteiger partial charge on any atom is -0.497 e. The molecule has 0 atom stereocenters. The number of carbonyl (C=O) groups is 1. The molecule has 31 heavy (non-hydrogen) atoms. The summed E-state index contributed by atoms with van der Waals surface area (Å²) in [7, 11) is 3.29. The minimum atomic E-state index is 0.124. The first-order valence-corrected chi connectivity index (χ1v) is 10.8. The van der Waals surface area contributed by atoms with Gasteiger partial charge < -0.3 is 14.8 Å². The Morgan fingerprint density at radius 2 is 1.68 bits per heavy atom. The zero-order valence-electron chi connectivity index (χ0n) is 18.1. The van der Waals surface area contributed by atoms with Crippen molar-refractivity contribution in [3.05, 3.63) is 60.7 Å². The zero-order chi connectivity index (χ0) is 21.6. The molecule has 1 aliphatic rings. The second-order valence-electron chi connectivity index (χ2n) is 7.88. The normalized spacial score (nSPS) is 14.1. The highest BCUT2D eigenvalue weighted by molar-refractivity contribution is 5.93. The molecule has 1 amide bonds. The molecule has 160 valence electrons. The van der Waals surface area contributed by atoms with Gasteiger partial charge in [0.2, 0.25) is 5.91 Å². The maximum absolute atomic E-state index is 12.6. The summed E-state index contributed by atoms with van der Waals surface area (Å²) in [4.78, 5) is 17.5. The third-order valence-electron chi connectivity index (χ3n) is 5.83. The molecule has 0 radical (unpaired) electrons. The van der Waals surface area contributed by atoms with Crippen LogP contribution in [-0.4, -0.2) is 25.1 Å². The largest absolute Gasteiger partial charge is 0.497 e. The number of nitrogens with zero attached hydrogens (tertiary/aromatic N) is 1. The number of methoxy groups -OCH3 is 2. The predicted octanol–water partition coefficient (Wildman–Crippen LogP) is 5.95. The van der Waals surface area contributed by atoms with Crippen LogP contribution in [0.15, 0.2) is 60.7 Å². The first kappa shape index (κ1) is 20.9. The van der Waals surface area contributed by atoms with Crippen LogP contribution in [0.3, 0.4) is 0 Å². The summed E-state index contributed by atoms with van der Waals surface area (Å²) in [5.74, 6) is 1.73. The van der Waals surface area contributed by atoms with Gasteiger partial charge in [0.1, 0.15) is 11.5 Å². The fourth-order valence-corrected chi connectivity index (χ4v) is 4.13. The first-order valence-electron chi connectivity index (χ1n) is 10.8. The van der Waals surface area contributed by atoms with Crippen LogP contribution in [0.1, 0.15) is 32.1 Å². The molecule has 2 aromatic carbocycles. The fraction of sp³-hybridized carbons (Fsp3) is 0.308. The summed E-state index contributed by atoms with van der Waals surface area (Å²) >= 11 is 0. The van der Waals surface area contributed by atoms with Crippen molar-refractivity contribution in [1.82, 2.24) is 4.98 Å². The van der Waals surface area contributed by atoms with Gasteiger partial charge in [0.25, 0.3) is 0 Å². The standard InChI is InChI=1S/C26H28N2O3/c1-30-21-14-15-25(31-2)22(17-21)24-13-7-12-23(28-24)19-10-6-11-20(16-19)27-26(29)18-8-4-3-5-9-18/h6-7,10-18H,3-5,8-9H2,1-2H3,(H,27,29). The van der Waals surface area contributed by atoms with E-state index in [0.717, 1.165) is 65.4 Å². The fourth-order valence-electron chi connectivity index (χ4n) is 4.13. The molecule has 1 saturated carbocycles. The molecule has 5 nitrogen and oxygen atoms in total. The van der Waals surface area contributed by atoms with Crippen LogP contribution < -0.4 is 14.8 Å². The summed E-state index contributed by atoms with van der Waals surface area (Å²) in [5.41, 5.74) is 4.25. The van der Waals surface area contributed by atoms with E-state index in [-0.39, 0.29) is 11.8 Å². The number of anilines is 1. The average molecular weight is 417 g/mol. The van der Waals surface area contributed by atoms with E-state index in [1.807, 2.05) is 60.7 Å². The maximum Gasteiger partial charge on any atom is 0.227 e. The molecule has 1 fully saturated rings. The van der Waals surface area contributed by atoms with E-state index in [4.69, 9.17) is 14.5 Å². The molecular formula is C26H28N2O3. The first-order chi connectivity index (χ1) is 15.2. The highest BCUT2D eigenvalue weighted by Gasteiger charge is 2.21. The number of amides is 1. The number of nitrogens with one attached hydrogen (secondary N) is 1. The topological polar surface area (TPSA) is 60.5 Å². The van der Waals surface area contributed by atoms with Gasteiger partial charge in [-0.2, -0.15) is 0 Å². The van der Waals surface area contributed by atoms with Crippen molar-refractivity contribution in [3.8, 4) is 34.0 Å². The number of pyridine rings is 1. The van der Waals surface area contributed by atoms with Crippen LogP contribution in [0.4, 0.5) is 5.69 Å². The summed E-state index contributed by atoms with van der Waals surface area (Å²) in [6, 6.07) is 19.4. The summed E-state index contributed by atoms with van der Waals surface area (Å²) in [5, 5.41) is 3.10. The number of hydrogen-bond donors (Lipinski definition) is 1. The SMILES string of the molecule is COc1ccc(OC)c(-c2cccc(-c3cccc(NC(=O)C4CCCCC4)c3)n2)c1. The van der Waals surface area contributed by atoms with Crippen molar-refractivity contribution in [2.45, 2.75) is 32.1 Å². The van der Waals surface area contributed by atoms with E-state index in [2.05, 4.69) is 5.32 Å². The van der Waals surface area contributed by atoms with Crippen LogP contribution in [0.25, 0.3) is 22.5 Å². The molecule has 0 bridgehead atoms. The third-order valence-corrected chi connectivity index (χ3v) is 5.83. The van der Waals surface area contributed by atoms with Crippen LogP contribution in [0, 0.1) is 5.92 Å². The number of hydrogen-bond acceptors (Lipinski definition) is 4. The molecule has 1 heterocycles. The van der Waals surface area contributed by atoms with Crippen molar-refractivity contribution < 1.29 is 14.3 Å².